The summed E-state index contributed by atoms with van der Waals surface area (Å²) in [7, 11) is 1.69. The SMILES string of the molecule is CCOc1ccccc1C(=O)N(C)Cc1nc(C(C)OCC(C)C)no1. The highest BCUT2D eigenvalue weighted by molar-refractivity contribution is 5.96. The lowest BCUT2D eigenvalue weighted by molar-refractivity contribution is 0.0402. The summed E-state index contributed by atoms with van der Waals surface area (Å²) >= 11 is 0. The van der Waals surface area contributed by atoms with E-state index in [9.17, 15) is 4.79 Å². The molecule has 1 amide bonds. The zero-order valence-electron chi connectivity index (χ0n) is 16.1. The van der Waals surface area contributed by atoms with Crippen LogP contribution < -0.4 is 4.74 Å². The van der Waals surface area contributed by atoms with Gasteiger partial charge in [0.2, 0.25) is 5.89 Å². The van der Waals surface area contributed by atoms with E-state index in [1.165, 1.54) is 4.90 Å². The molecule has 0 spiro atoms. The number of rotatable bonds is 9. The molecule has 0 saturated heterocycles. The van der Waals surface area contributed by atoms with E-state index in [4.69, 9.17) is 14.0 Å². The third-order valence-electron chi connectivity index (χ3n) is 3.66. The molecule has 1 aromatic heterocycles. The van der Waals surface area contributed by atoms with Crippen LogP contribution >= 0.6 is 0 Å². The first-order chi connectivity index (χ1) is 12.4. The number of benzene rings is 1. The smallest absolute Gasteiger partial charge is 0.257 e. The van der Waals surface area contributed by atoms with Crippen LogP contribution in [0.3, 0.4) is 0 Å². The minimum absolute atomic E-state index is 0.169. The van der Waals surface area contributed by atoms with Crippen LogP contribution in [0.4, 0.5) is 0 Å². The van der Waals surface area contributed by atoms with Gasteiger partial charge in [-0.05, 0) is 31.9 Å². The highest BCUT2D eigenvalue weighted by atomic mass is 16.5. The molecule has 0 fully saturated rings. The predicted molar refractivity (Wildman–Crippen MR) is 96.9 cm³/mol. The molecule has 26 heavy (non-hydrogen) atoms. The third-order valence-corrected chi connectivity index (χ3v) is 3.66. The second-order valence-electron chi connectivity index (χ2n) is 6.51. The van der Waals surface area contributed by atoms with Crippen LogP contribution in [0.1, 0.15) is 55.9 Å². The van der Waals surface area contributed by atoms with Crippen LogP contribution in [0.15, 0.2) is 28.8 Å². The number of para-hydroxylation sites is 1. The summed E-state index contributed by atoms with van der Waals surface area (Å²) in [5, 5.41) is 3.95. The van der Waals surface area contributed by atoms with Gasteiger partial charge in [-0.1, -0.05) is 31.1 Å². The van der Waals surface area contributed by atoms with Crippen molar-refractivity contribution in [1.82, 2.24) is 15.0 Å². The Hall–Kier alpha value is -2.41. The molecule has 1 unspecified atom stereocenters. The molecule has 0 aliphatic carbocycles. The number of hydrogen-bond acceptors (Lipinski definition) is 6. The van der Waals surface area contributed by atoms with Crippen LogP contribution in [0.2, 0.25) is 0 Å². The van der Waals surface area contributed by atoms with Gasteiger partial charge in [0, 0.05) is 13.7 Å². The van der Waals surface area contributed by atoms with E-state index in [1.54, 1.807) is 19.2 Å². The first kappa shape index (κ1) is 19.9. The topological polar surface area (TPSA) is 77.7 Å². The summed E-state index contributed by atoms with van der Waals surface area (Å²) in [5.74, 6) is 1.67. The van der Waals surface area contributed by atoms with E-state index in [-0.39, 0.29) is 18.6 Å². The first-order valence-corrected chi connectivity index (χ1v) is 8.83. The summed E-state index contributed by atoms with van der Waals surface area (Å²) in [6.45, 7) is 9.25. The molecule has 2 rings (SSSR count). The number of ether oxygens (including phenoxy) is 2. The van der Waals surface area contributed by atoms with Gasteiger partial charge in [0.05, 0.1) is 18.7 Å². The van der Waals surface area contributed by atoms with Crippen molar-refractivity contribution >= 4 is 5.91 Å². The molecule has 7 heteroatoms. The number of nitrogens with zero attached hydrogens (tertiary/aromatic N) is 3. The van der Waals surface area contributed by atoms with E-state index in [1.807, 2.05) is 26.0 Å². The maximum absolute atomic E-state index is 12.7. The van der Waals surface area contributed by atoms with Crippen molar-refractivity contribution in [3.8, 4) is 5.75 Å². The molecular weight excluding hydrogens is 334 g/mol. The van der Waals surface area contributed by atoms with Gasteiger partial charge < -0.3 is 18.9 Å². The molecule has 1 atom stereocenters. The Bertz CT molecular complexity index is 714. The second kappa shape index (κ2) is 9.33. The molecular formula is C19H27N3O4. The van der Waals surface area contributed by atoms with E-state index in [2.05, 4.69) is 24.0 Å². The van der Waals surface area contributed by atoms with E-state index in [0.29, 0.717) is 42.2 Å². The molecule has 2 aromatic rings. The van der Waals surface area contributed by atoms with Crippen molar-refractivity contribution in [2.24, 2.45) is 5.92 Å². The molecule has 7 nitrogen and oxygen atoms in total. The fourth-order valence-electron chi connectivity index (χ4n) is 2.31. The fourth-order valence-corrected chi connectivity index (χ4v) is 2.31. The molecule has 0 aliphatic rings. The maximum atomic E-state index is 12.7. The molecule has 0 bridgehead atoms. The highest BCUT2D eigenvalue weighted by Crippen LogP contribution is 2.20. The second-order valence-corrected chi connectivity index (χ2v) is 6.51. The lowest BCUT2D eigenvalue weighted by Gasteiger charge is -2.17. The number of carbonyl (C=O) groups is 1. The van der Waals surface area contributed by atoms with Gasteiger partial charge in [0.15, 0.2) is 5.82 Å². The average Bonchev–Trinajstić information content (AvgIpc) is 3.08. The van der Waals surface area contributed by atoms with E-state index < -0.39 is 0 Å². The molecule has 0 saturated carbocycles. The lowest BCUT2D eigenvalue weighted by atomic mass is 10.2. The van der Waals surface area contributed by atoms with Gasteiger partial charge in [0.25, 0.3) is 5.91 Å². The predicted octanol–water partition coefficient (Wildman–Crippen LogP) is 3.47. The van der Waals surface area contributed by atoms with Crippen LogP contribution in [0.5, 0.6) is 5.75 Å². The summed E-state index contributed by atoms with van der Waals surface area (Å²) in [6, 6.07) is 7.17. The molecule has 0 radical (unpaired) electrons. The Labute approximate surface area is 154 Å². The summed E-state index contributed by atoms with van der Waals surface area (Å²) in [6.07, 6.45) is -0.255. The van der Waals surface area contributed by atoms with Crippen molar-refractivity contribution < 1.29 is 18.8 Å². The van der Waals surface area contributed by atoms with Crippen LogP contribution in [0, 0.1) is 5.92 Å². The number of hydrogen-bond donors (Lipinski definition) is 0. The summed E-state index contributed by atoms with van der Waals surface area (Å²) < 4.78 is 16.5. The van der Waals surface area contributed by atoms with Gasteiger partial charge in [-0.15, -0.1) is 0 Å². The van der Waals surface area contributed by atoms with Crippen LogP contribution in [-0.4, -0.2) is 41.2 Å². The highest BCUT2D eigenvalue weighted by Gasteiger charge is 2.20. The minimum Gasteiger partial charge on any atom is -0.493 e. The lowest BCUT2D eigenvalue weighted by Crippen LogP contribution is -2.27. The van der Waals surface area contributed by atoms with Gasteiger partial charge in [-0.25, -0.2) is 0 Å². The average molecular weight is 361 g/mol. The molecule has 1 aromatic carbocycles. The van der Waals surface area contributed by atoms with Crippen molar-refractivity contribution in [2.75, 3.05) is 20.3 Å². The monoisotopic (exact) mass is 361 g/mol. The Kier molecular flexibility index (Phi) is 7.15. The molecule has 0 aliphatic heterocycles. The van der Waals surface area contributed by atoms with E-state index in [0.717, 1.165) is 0 Å². The zero-order chi connectivity index (χ0) is 19.1. The van der Waals surface area contributed by atoms with Crippen LogP contribution in [0.25, 0.3) is 0 Å². The van der Waals surface area contributed by atoms with Crippen molar-refractivity contribution in [2.45, 2.75) is 40.3 Å². The minimum atomic E-state index is -0.255. The summed E-state index contributed by atoms with van der Waals surface area (Å²) in [4.78, 5) is 18.6. The normalized spacial score (nSPS) is 12.2. The first-order valence-electron chi connectivity index (χ1n) is 8.83. The Morgan fingerprint density at radius 2 is 2.00 bits per heavy atom. The zero-order valence-corrected chi connectivity index (χ0v) is 16.1. The molecule has 142 valence electrons. The Balaban J connectivity index is 2.01. The van der Waals surface area contributed by atoms with Crippen molar-refractivity contribution in [1.29, 1.82) is 0 Å². The third kappa shape index (κ3) is 5.29. The largest absolute Gasteiger partial charge is 0.493 e. The Morgan fingerprint density at radius 3 is 2.69 bits per heavy atom. The Morgan fingerprint density at radius 1 is 1.27 bits per heavy atom. The number of carbonyl (C=O) groups excluding carboxylic acids is 1. The van der Waals surface area contributed by atoms with Crippen LogP contribution in [-0.2, 0) is 11.3 Å². The van der Waals surface area contributed by atoms with Gasteiger partial charge in [-0.2, -0.15) is 4.98 Å². The maximum Gasteiger partial charge on any atom is 0.257 e. The quantitative estimate of drug-likeness (QED) is 0.680. The number of aromatic nitrogens is 2. The van der Waals surface area contributed by atoms with Crippen molar-refractivity contribution in [3.63, 3.8) is 0 Å². The molecule has 0 N–H and O–H groups in total. The van der Waals surface area contributed by atoms with Gasteiger partial charge >= 0.3 is 0 Å². The van der Waals surface area contributed by atoms with Crippen molar-refractivity contribution in [3.05, 3.63) is 41.5 Å². The fraction of sp³-hybridized carbons (Fsp3) is 0.526. The van der Waals surface area contributed by atoms with Gasteiger partial charge in [-0.3, -0.25) is 4.79 Å². The summed E-state index contributed by atoms with van der Waals surface area (Å²) in [5.41, 5.74) is 0.505. The van der Waals surface area contributed by atoms with Gasteiger partial charge in [0.1, 0.15) is 11.9 Å². The van der Waals surface area contributed by atoms with E-state index >= 15 is 0 Å². The number of amides is 1. The molecule has 1 heterocycles. The standard InChI is InChI=1S/C19H27N3O4/c1-6-24-16-10-8-7-9-15(16)19(23)22(5)11-17-20-18(21-26-17)14(4)25-12-13(2)3/h7-10,13-14H,6,11-12H2,1-5H3.